The van der Waals surface area contributed by atoms with Crippen molar-refractivity contribution in [3.8, 4) is 11.1 Å². The number of benzene rings is 2. The molecular formula is C15H13ClN2O. The Kier molecular flexibility index (Phi) is 3.01. The van der Waals surface area contributed by atoms with Gasteiger partial charge >= 0.3 is 0 Å². The number of fused-ring (bicyclic) bond motifs is 1. The molecule has 4 heteroatoms. The number of aromatic amines is 1. The minimum Gasteiger partial charge on any atom is -0.385 e. The molecule has 0 unspecified atom stereocenters. The molecule has 2 N–H and O–H groups in total. The van der Waals surface area contributed by atoms with Gasteiger partial charge in [-0.15, -0.1) is 0 Å². The van der Waals surface area contributed by atoms with E-state index >= 15 is 0 Å². The molecule has 0 saturated heterocycles. The zero-order valence-corrected chi connectivity index (χ0v) is 11.1. The molecule has 0 aliphatic rings. The second-order valence-electron chi connectivity index (χ2n) is 4.54. The monoisotopic (exact) mass is 272 g/mol. The third-order valence-electron chi connectivity index (χ3n) is 3.07. The van der Waals surface area contributed by atoms with Gasteiger partial charge in [0.05, 0.1) is 11.0 Å². The second kappa shape index (κ2) is 4.68. The lowest BCUT2D eigenvalue weighted by Crippen LogP contribution is -1.92. The first-order chi connectivity index (χ1) is 9.13. The molecule has 0 radical (unpaired) electrons. The van der Waals surface area contributed by atoms with Gasteiger partial charge in [-0.3, -0.25) is 0 Å². The van der Waals surface area contributed by atoms with Gasteiger partial charge in [0.25, 0.3) is 0 Å². The van der Waals surface area contributed by atoms with Crippen molar-refractivity contribution in [3.05, 3.63) is 53.3 Å². The Bertz CT molecular complexity index is 717. The van der Waals surface area contributed by atoms with Gasteiger partial charge in [0, 0.05) is 5.02 Å². The van der Waals surface area contributed by atoms with Crippen molar-refractivity contribution in [1.29, 1.82) is 0 Å². The van der Waals surface area contributed by atoms with Crippen LogP contribution in [0.15, 0.2) is 42.5 Å². The fraction of sp³-hybridized carbons (Fsp3) is 0.133. The second-order valence-corrected chi connectivity index (χ2v) is 4.97. The molecule has 0 fully saturated rings. The predicted molar refractivity (Wildman–Crippen MR) is 77.2 cm³/mol. The summed E-state index contributed by atoms with van der Waals surface area (Å²) in [5.41, 5.74) is 3.96. The summed E-state index contributed by atoms with van der Waals surface area (Å²) in [6, 6.07) is 13.7. The van der Waals surface area contributed by atoms with Gasteiger partial charge in [0.15, 0.2) is 0 Å². The van der Waals surface area contributed by atoms with Gasteiger partial charge < -0.3 is 10.1 Å². The molecule has 0 amide bonds. The van der Waals surface area contributed by atoms with E-state index in [9.17, 15) is 5.11 Å². The zero-order chi connectivity index (χ0) is 13.4. The zero-order valence-electron chi connectivity index (χ0n) is 10.4. The van der Waals surface area contributed by atoms with E-state index in [1.807, 2.05) is 42.5 Å². The van der Waals surface area contributed by atoms with Crippen molar-refractivity contribution < 1.29 is 5.11 Å². The van der Waals surface area contributed by atoms with Crippen LogP contribution in [0.3, 0.4) is 0 Å². The number of halogens is 1. The van der Waals surface area contributed by atoms with Crippen LogP contribution in [0.4, 0.5) is 0 Å². The Balaban J connectivity index is 2.08. The Morgan fingerprint density at radius 2 is 1.79 bits per heavy atom. The molecule has 3 nitrogen and oxygen atoms in total. The summed E-state index contributed by atoms with van der Waals surface area (Å²) in [6.45, 7) is 1.69. The smallest absolute Gasteiger partial charge is 0.135 e. The van der Waals surface area contributed by atoms with Crippen LogP contribution in [0.5, 0.6) is 0 Å². The first kappa shape index (κ1) is 12.2. The van der Waals surface area contributed by atoms with Crippen molar-refractivity contribution in [2.24, 2.45) is 0 Å². The number of hydrogen-bond donors (Lipinski definition) is 2. The number of H-pyrrole nitrogens is 1. The SMILES string of the molecule is C[C@H](O)c1nc2ccc(-c3ccc(Cl)cc3)cc2[nH]1. The first-order valence-corrected chi connectivity index (χ1v) is 6.45. The van der Waals surface area contributed by atoms with Crippen LogP contribution in [-0.2, 0) is 0 Å². The average molecular weight is 273 g/mol. The molecule has 0 saturated carbocycles. The molecule has 3 aromatic rings. The largest absolute Gasteiger partial charge is 0.385 e. The molecule has 3 rings (SSSR count). The minimum absolute atomic E-state index is 0.586. The fourth-order valence-corrected chi connectivity index (χ4v) is 2.18. The molecule has 0 aliphatic carbocycles. The van der Waals surface area contributed by atoms with Crippen LogP contribution in [0, 0.1) is 0 Å². The lowest BCUT2D eigenvalue weighted by Gasteiger charge is -2.01. The van der Waals surface area contributed by atoms with Crippen LogP contribution in [0.1, 0.15) is 18.9 Å². The van der Waals surface area contributed by atoms with Gasteiger partial charge in [-0.25, -0.2) is 4.98 Å². The summed E-state index contributed by atoms with van der Waals surface area (Å²) >= 11 is 5.89. The molecule has 0 bridgehead atoms. The van der Waals surface area contributed by atoms with E-state index in [0.717, 1.165) is 27.2 Å². The molecule has 0 aliphatic heterocycles. The van der Waals surface area contributed by atoms with Gasteiger partial charge in [0.2, 0.25) is 0 Å². The summed E-state index contributed by atoms with van der Waals surface area (Å²) in [5.74, 6) is 0.586. The van der Waals surface area contributed by atoms with Gasteiger partial charge in [-0.05, 0) is 42.3 Å². The fourth-order valence-electron chi connectivity index (χ4n) is 2.05. The number of nitrogens with one attached hydrogen (secondary N) is 1. The summed E-state index contributed by atoms with van der Waals surface area (Å²) in [6.07, 6.45) is -0.591. The van der Waals surface area contributed by atoms with E-state index in [2.05, 4.69) is 9.97 Å². The maximum atomic E-state index is 9.53. The lowest BCUT2D eigenvalue weighted by atomic mass is 10.1. The van der Waals surface area contributed by atoms with Crippen molar-refractivity contribution in [2.75, 3.05) is 0 Å². The van der Waals surface area contributed by atoms with Crippen LogP contribution >= 0.6 is 11.6 Å². The van der Waals surface area contributed by atoms with Crippen LogP contribution < -0.4 is 0 Å². The molecular weight excluding hydrogens is 260 g/mol. The van der Waals surface area contributed by atoms with E-state index < -0.39 is 6.10 Å². The summed E-state index contributed by atoms with van der Waals surface area (Å²) in [7, 11) is 0. The van der Waals surface area contributed by atoms with Crippen molar-refractivity contribution in [1.82, 2.24) is 9.97 Å². The summed E-state index contributed by atoms with van der Waals surface area (Å²) in [4.78, 5) is 7.46. The van der Waals surface area contributed by atoms with Crippen molar-refractivity contribution in [3.63, 3.8) is 0 Å². The highest BCUT2D eigenvalue weighted by molar-refractivity contribution is 6.30. The Morgan fingerprint density at radius 1 is 1.11 bits per heavy atom. The van der Waals surface area contributed by atoms with E-state index in [0.29, 0.717) is 5.82 Å². The molecule has 0 spiro atoms. The number of aromatic nitrogens is 2. The number of aliphatic hydroxyl groups is 1. The summed E-state index contributed by atoms with van der Waals surface area (Å²) in [5, 5.41) is 10.3. The highest BCUT2D eigenvalue weighted by Crippen LogP contribution is 2.25. The average Bonchev–Trinajstić information content (AvgIpc) is 2.82. The first-order valence-electron chi connectivity index (χ1n) is 6.07. The van der Waals surface area contributed by atoms with Gasteiger partial charge in [0.1, 0.15) is 11.9 Å². The quantitative estimate of drug-likeness (QED) is 0.742. The third kappa shape index (κ3) is 2.35. The van der Waals surface area contributed by atoms with E-state index in [1.165, 1.54) is 0 Å². The van der Waals surface area contributed by atoms with E-state index in [4.69, 9.17) is 11.6 Å². The number of aliphatic hydroxyl groups excluding tert-OH is 1. The van der Waals surface area contributed by atoms with Crippen molar-refractivity contribution in [2.45, 2.75) is 13.0 Å². The maximum absolute atomic E-state index is 9.53. The predicted octanol–water partition coefficient (Wildman–Crippen LogP) is 3.94. The Morgan fingerprint density at radius 3 is 2.47 bits per heavy atom. The van der Waals surface area contributed by atoms with Crippen LogP contribution in [0.2, 0.25) is 5.02 Å². The summed E-state index contributed by atoms with van der Waals surface area (Å²) < 4.78 is 0. The number of nitrogens with zero attached hydrogens (tertiary/aromatic N) is 1. The number of imidazole rings is 1. The minimum atomic E-state index is -0.591. The number of rotatable bonds is 2. The van der Waals surface area contributed by atoms with Crippen LogP contribution in [-0.4, -0.2) is 15.1 Å². The molecule has 1 aromatic heterocycles. The number of hydrogen-bond acceptors (Lipinski definition) is 2. The maximum Gasteiger partial charge on any atom is 0.135 e. The third-order valence-corrected chi connectivity index (χ3v) is 3.33. The van der Waals surface area contributed by atoms with Gasteiger partial charge in [-0.1, -0.05) is 29.8 Å². The lowest BCUT2D eigenvalue weighted by molar-refractivity contribution is 0.190. The molecule has 96 valence electrons. The molecule has 19 heavy (non-hydrogen) atoms. The van der Waals surface area contributed by atoms with Crippen LogP contribution in [0.25, 0.3) is 22.2 Å². The van der Waals surface area contributed by atoms with E-state index in [1.54, 1.807) is 6.92 Å². The van der Waals surface area contributed by atoms with Gasteiger partial charge in [-0.2, -0.15) is 0 Å². The molecule has 1 heterocycles. The highest BCUT2D eigenvalue weighted by Gasteiger charge is 2.08. The normalized spacial score (nSPS) is 12.8. The topological polar surface area (TPSA) is 48.9 Å². The Labute approximate surface area is 115 Å². The Hall–Kier alpha value is -1.84. The highest BCUT2D eigenvalue weighted by atomic mass is 35.5. The molecule has 2 aromatic carbocycles. The standard InChI is InChI=1S/C15H13ClN2O/c1-9(19)15-17-13-7-4-11(8-14(13)18-15)10-2-5-12(16)6-3-10/h2-9,19H,1H3,(H,17,18)/t9-/m0/s1. The van der Waals surface area contributed by atoms with Crippen molar-refractivity contribution >= 4 is 22.6 Å². The molecule has 1 atom stereocenters. The van der Waals surface area contributed by atoms with E-state index in [-0.39, 0.29) is 0 Å².